The summed E-state index contributed by atoms with van der Waals surface area (Å²) >= 11 is 5.99. The molecule has 0 bridgehead atoms. The van der Waals surface area contributed by atoms with E-state index in [9.17, 15) is 9.90 Å². The maximum Gasteiger partial charge on any atom is 0.166 e. The zero-order valence-electron chi connectivity index (χ0n) is 8.41. The molecular weight excluding hydrogens is 214 g/mol. The van der Waals surface area contributed by atoms with Crippen molar-refractivity contribution in [3.63, 3.8) is 0 Å². The second-order valence-corrected chi connectivity index (χ2v) is 3.86. The summed E-state index contributed by atoms with van der Waals surface area (Å²) in [5.74, 6) is 0.0373. The van der Waals surface area contributed by atoms with Crippen molar-refractivity contribution >= 4 is 28.8 Å². The number of aromatic hydroxyl groups is 1. The average molecular weight is 224 g/mol. The van der Waals surface area contributed by atoms with E-state index >= 15 is 0 Å². The van der Waals surface area contributed by atoms with Crippen molar-refractivity contribution in [3.8, 4) is 5.75 Å². The van der Waals surface area contributed by atoms with Crippen molar-refractivity contribution in [3.05, 3.63) is 28.4 Å². The lowest BCUT2D eigenvalue weighted by atomic mass is 10.1. The lowest BCUT2D eigenvalue weighted by Crippen LogP contribution is -1.94. The molecule has 1 aromatic carbocycles. The molecular formula is C11H10ClNO2. The molecule has 0 radical (unpaired) electrons. The van der Waals surface area contributed by atoms with Crippen LogP contribution in [-0.4, -0.2) is 16.0 Å². The number of hydrogen-bond acceptors (Lipinski definition) is 2. The Morgan fingerprint density at radius 1 is 1.47 bits per heavy atom. The number of halogens is 1. The third-order valence-corrected chi connectivity index (χ3v) is 3.08. The molecule has 0 atom stereocenters. The summed E-state index contributed by atoms with van der Waals surface area (Å²) < 4.78 is 1.77. The van der Waals surface area contributed by atoms with Gasteiger partial charge in [0.15, 0.2) is 6.29 Å². The fraction of sp³-hybridized carbons (Fsp3) is 0.182. The molecule has 0 aliphatic carbocycles. The van der Waals surface area contributed by atoms with Crippen LogP contribution < -0.4 is 0 Å². The summed E-state index contributed by atoms with van der Waals surface area (Å²) in [6.45, 7) is 1.82. The third kappa shape index (κ3) is 1.23. The topological polar surface area (TPSA) is 42.2 Å². The molecule has 0 spiro atoms. The van der Waals surface area contributed by atoms with Crippen molar-refractivity contribution in [2.45, 2.75) is 6.92 Å². The number of hydrogen-bond donors (Lipinski definition) is 1. The molecule has 0 aliphatic rings. The number of benzene rings is 1. The molecule has 4 heteroatoms. The quantitative estimate of drug-likeness (QED) is 0.756. The molecule has 0 saturated heterocycles. The molecule has 3 nitrogen and oxygen atoms in total. The standard InChI is InChI=1S/C11H10ClNO2/c1-6-8(5-14)13(2)7-3-4-9(15)11(12)10(6)7/h3-5,15H,1-2H3. The smallest absolute Gasteiger partial charge is 0.166 e. The minimum Gasteiger partial charge on any atom is -0.506 e. The normalized spacial score (nSPS) is 10.9. The fourth-order valence-corrected chi connectivity index (χ4v) is 2.17. The molecule has 2 rings (SSSR count). The molecule has 0 fully saturated rings. The van der Waals surface area contributed by atoms with Gasteiger partial charge in [0.2, 0.25) is 0 Å². The van der Waals surface area contributed by atoms with Crippen LogP contribution in [0.1, 0.15) is 16.1 Å². The average Bonchev–Trinajstić information content (AvgIpc) is 2.45. The van der Waals surface area contributed by atoms with Gasteiger partial charge in [0.05, 0.1) is 16.2 Å². The van der Waals surface area contributed by atoms with E-state index in [2.05, 4.69) is 0 Å². The van der Waals surface area contributed by atoms with E-state index in [-0.39, 0.29) is 5.75 Å². The molecule has 1 N–H and O–H groups in total. The van der Waals surface area contributed by atoms with E-state index in [4.69, 9.17) is 11.6 Å². The van der Waals surface area contributed by atoms with Crippen LogP contribution in [0.25, 0.3) is 10.9 Å². The van der Waals surface area contributed by atoms with Gasteiger partial charge < -0.3 is 9.67 Å². The van der Waals surface area contributed by atoms with Crippen molar-refractivity contribution in [1.29, 1.82) is 0 Å². The first-order chi connectivity index (χ1) is 7.07. The highest BCUT2D eigenvalue weighted by atomic mass is 35.5. The molecule has 0 unspecified atom stereocenters. The fourth-order valence-electron chi connectivity index (χ4n) is 1.87. The minimum absolute atomic E-state index is 0.0373. The molecule has 1 aromatic heterocycles. The van der Waals surface area contributed by atoms with E-state index < -0.39 is 0 Å². The van der Waals surface area contributed by atoms with Crippen molar-refractivity contribution in [2.75, 3.05) is 0 Å². The monoisotopic (exact) mass is 223 g/mol. The van der Waals surface area contributed by atoms with Gasteiger partial charge in [0.1, 0.15) is 5.75 Å². The molecule has 0 saturated carbocycles. The molecule has 1 heterocycles. The summed E-state index contributed by atoms with van der Waals surface area (Å²) in [6.07, 6.45) is 0.794. The first kappa shape index (κ1) is 10.1. The highest BCUT2D eigenvalue weighted by Gasteiger charge is 2.15. The number of phenols is 1. The second-order valence-electron chi connectivity index (χ2n) is 3.48. The summed E-state index contributed by atoms with van der Waals surface area (Å²) in [6, 6.07) is 3.27. The molecule has 2 aromatic rings. The first-order valence-electron chi connectivity index (χ1n) is 4.49. The Morgan fingerprint density at radius 3 is 2.73 bits per heavy atom. The van der Waals surface area contributed by atoms with E-state index in [1.54, 1.807) is 17.7 Å². The Bertz CT molecular complexity index is 557. The number of aryl methyl sites for hydroxylation is 2. The number of nitrogens with zero attached hydrogens (tertiary/aromatic N) is 1. The summed E-state index contributed by atoms with van der Waals surface area (Å²) in [4.78, 5) is 10.9. The van der Waals surface area contributed by atoms with Crippen LogP contribution in [-0.2, 0) is 7.05 Å². The number of carbonyl (C=O) groups is 1. The Hall–Kier alpha value is -1.48. The van der Waals surface area contributed by atoms with Gasteiger partial charge in [-0.2, -0.15) is 0 Å². The van der Waals surface area contributed by atoms with Gasteiger partial charge in [-0.05, 0) is 24.6 Å². The van der Waals surface area contributed by atoms with Crippen molar-refractivity contribution < 1.29 is 9.90 Å². The molecule has 0 amide bonds. The SMILES string of the molecule is Cc1c(C=O)n(C)c2ccc(O)c(Cl)c12. The summed E-state index contributed by atoms with van der Waals surface area (Å²) in [5.41, 5.74) is 2.22. The molecule has 78 valence electrons. The van der Waals surface area contributed by atoms with Gasteiger partial charge >= 0.3 is 0 Å². The van der Waals surface area contributed by atoms with Crippen LogP contribution in [0, 0.1) is 6.92 Å². The van der Waals surface area contributed by atoms with Crippen molar-refractivity contribution in [2.24, 2.45) is 7.05 Å². The van der Waals surface area contributed by atoms with Gasteiger partial charge in [-0.1, -0.05) is 11.6 Å². The van der Waals surface area contributed by atoms with Gasteiger partial charge in [0.25, 0.3) is 0 Å². The van der Waals surface area contributed by atoms with Crippen molar-refractivity contribution in [1.82, 2.24) is 4.57 Å². The lowest BCUT2D eigenvalue weighted by Gasteiger charge is -2.00. The molecule has 15 heavy (non-hydrogen) atoms. The van der Waals surface area contributed by atoms with E-state index in [1.807, 2.05) is 6.92 Å². The lowest BCUT2D eigenvalue weighted by molar-refractivity contribution is 0.111. The van der Waals surface area contributed by atoms with Gasteiger partial charge in [0, 0.05) is 12.4 Å². The minimum atomic E-state index is 0.0373. The number of phenolic OH excluding ortho intramolecular Hbond substituents is 1. The Kier molecular flexibility index (Phi) is 2.20. The maximum atomic E-state index is 10.9. The van der Waals surface area contributed by atoms with Crippen LogP contribution >= 0.6 is 11.6 Å². The van der Waals surface area contributed by atoms with E-state index in [0.29, 0.717) is 10.7 Å². The number of fused-ring (bicyclic) bond motifs is 1. The third-order valence-electron chi connectivity index (χ3n) is 2.69. The number of rotatable bonds is 1. The predicted molar refractivity (Wildman–Crippen MR) is 59.7 cm³/mol. The first-order valence-corrected chi connectivity index (χ1v) is 4.87. The Morgan fingerprint density at radius 2 is 2.13 bits per heavy atom. The largest absolute Gasteiger partial charge is 0.506 e. The van der Waals surface area contributed by atoms with Crippen LogP contribution in [0.3, 0.4) is 0 Å². The van der Waals surface area contributed by atoms with Crippen LogP contribution in [0.2, 0.25) is 5.02 Å². The highest BCUT2D eigenvalue weighted by Crippen LogP contribution is 2.35. The zero-order valence-corrected chi connectivity index (χ0v) is 9.17. The zero-order chi connectivity index (χ0) is 11.2. The van der Waals surface area contributed by atoms with Gasteiger partial charge in [-0.15, -0.1) is 0 Å². The van der Waals surface area contributed by atoms with Crippen LogP contribution in [0.15, 0.2) is 12.1 Å². The van der Waals surface area contributed by atoms with Crippen LogP contribution in [0.5, 0.6) is 5.75 Å². The number of carbonyl (C=O) groups excluding carboxylic acids is 1. The highest BCUT2D eigenvalue weighted by molar-refractivity contribution is 6.37. The van der Waals surface area contributed by atoms with Crippen LogP contribution in [0.4, 0.5) is 0 Å². The summed E-state index contributed by atoms with van der Waals surface area (Å²) in [5, 5.41) is 10.5. The van der Waals surface area contributed by atoms with Gasteiger partial charge in [-0.25, -0.2) is 0 Å². The van der Waals surface area contributed by atoms with Gasteiger partial charge in [-0.3, -0.25) is 4.79 Å². The van der Waals surface area contributed by atoms with E-state index in [0.717, 1.165) is 22.8 Å². The Labute approximate surface area is 91.9 Å². The van der Waals surface area contributed by atoms with E-state index in [1.165, 1.54) is 6.07 Å². The second kappa shape index (κ2) is 3.28. The predicted octanol–water partition coefficient (Wildman–Crippen LogP) is 2.66. The Balaban J connectivity index is 3.02. The maximum absolute atomic E-state index is 10.9. The number of aromatic nitrogens is 1. The number of aldehydes is 1. The molecule has 0 aliphatic heterocycles. The summed E-state index contributed by atoms with van der Waals surface area (Å²) in [7, 11) is 1.80.